The third-order valence-corrected chi connectivity index (χ3v) is 5.68. The molecule has 0 bridgehead atoms. The molecule has 2 heterocycles. The second-order valence-electron chi connectivity index (χ2n) is 8.59. The minimum atomic E-state index is -1.20. The van der Waals surface area contributed by atoms with Crippen molar-refractivity contribution in [2.75, 3.05) is 16.3 Å². The number of aliphatic hydroxyl groups is 1. The number of nitrogens with zero attached hydrogens (tertiary/aromatic N) is 4. The molecule has 1 aromatic heterocycles. The van der Waals surface area contributed by atoms with E-state index in [0.29, 0.717) is 35.1 Å². The number of carbonyl (C=O) groups is 2. The van der Waals surface area contributed by atoms with Crippen LogP contribution < -0.4 is 15.5 Å². The van der Waals surface area contributed by atoms with Crippen molar-refractivity contribution < 1.29 is 19.4 Å². The molecule has 3 N–H and O–H groups in total. The standard InChI is InChI=1S/C22H29N5O4/c1-12(2)31-22(30)25-10-13(3)27(14(4)28)20-8-18(21(23)29)17(7-19(20)25)15-9-24-26(11-15)16-5-6-16/h7-9,11-13,16,22,30H,5-6,10H2,1-4H3,(H2,23,29). The molecular formula is C22H29N5O4. The first-order valence-corrected chi connectivity index (χ1v) is 10.6. The van der Waals surface area contributed by atoms with Crippen molar-refractivity contribution in [3.05, 3.63) is 30.1 Å². The minimum Gasteiger partial charge on any atom is -0.366 e. The summed E-state index contributed by atoms with van der Waals surface area (Å²) in [5.41, 5.74) is 8.51. The lowest BCUT2D eigenvalue weighted by Crippen LogP contribution is -2.53. The topological polar surface area (TPSA) is 114 Å². The summed E-state index contributed by atoms with van der Waals surface area (Å²) in [6.07, 6.45) is 4.41. The molecule has 2 amide bonds. The number of rotatable bonds is 6. The summed E-state index contributed by atoms with van der Waals surface area (Å²) >= 11 is 0. The molecule has 31 heavy (non-hydrogen) atoms. The van der Waals surface area contributed by atoms with E-state index in [4.69, 9.17) is 10.5 Å². The van der Waals surface area contributed by atoms with Crippen molar-refractivity contribution in [1.82, 2.24) is 9.78 Å². The Morgan fingerprint density at radius 2 is 1.97 bits per heavy atom. The molecule has 2 unspecified atom stereocenters. The van der Waals surface area contributed by atoms with Gasteiger partial charge in [-0.3, -0.25) is 14.3 Å². The maximum absolute atomic E-state index is 12.4. The Hall–Kier alpha value is -2.91. The molecule has 0 radical (unpaired) electrons. The van der Waals surface area contributed by atoms with Crippen LogP contribution in [0.25, 0.3) is 11.1 Å². The van der Waals surface area contributed by atoms with Crippen LogP contribution in [0.15, 0.2) is 24.5 Å². The molecule has 0 saturated heterocycles. The zero-order valence-corrected chi connectivity index (χ0v) is 18.3. The van der Waals surface area contributed by atoms with E-state index >= 15 is 0 Å². The normalized spacial score (nSPS) is 19.5. The summed E-state index contributed by atoms with van der Waals surface area (Å²) in [4.78, 5) is 28.1. The number of benzene rings is 1. The molecular weight excluding hydrogens is 398 g/mol. The van der Waals surface area contributed by atoms with Gasteiger partial charge >= 0.3 is 0 Å². The van der Waals surface area contributed by atoms with Gasteiger partial charge in [-0.2, -0.15) is 5.10 Å². The van der Waals surface area contributed by atoms with Crippen LogP contribution in [0.5, 0.6) is 0 Å². The number of aromatic nitrogens is 2. The summed E-state index contributed by atoms with van der Waals surface area (Å²) < 4.78 is 7.53. The molecule has 9 nitrogen and oxygen atoms in total. The molecule has 2 aromatic rings. The van der Waals surface area contributed by atoms with E-state index in [1.807, 2.05) is 31.6 Å². The molecule has 2 aliphatic rings. The number of anilines is 2. The summed E-state index contributed by atoms with van der Waals surface area (Å²) in [7, 11) is 0. The second-order valence-corrected chi connectivity index (χ2v) is 8.59. The first-order valence-electron chi connectivity index (χ1n) is 10.6. The number of ether oxygens (including phenoxy) is 1. The maximum atomic E-state index is 12.4. The Bertz CT molecular complexity index is 1010. The third kappa shape index (κ3) is 4.03. The van der Waals surface area contributed by atoms with E-state index < -0.39 is 12.3 Å². The van der Waals surface area contributed by atoms with Crippen LogP contribution in [0.1, 0.15) is 56.9 Å². The number of primary amides is 1. The predicted octanol–water partition coefficient (Wildman–Crippen LogP) is 2.25. The molecule has 9 heteroatoms. The monoisotopic (exact) mass is 427 g/mol. The Balaban J connectivity index is 1.87. The highest BCUT2D eigenvalue weighted by atomic mass is 16.6. The van der Waals surface area contributed by atoms with Crippen molar-refractivity contribution in [1.29, 1.82) is 0 Å². The first kappa shape index (κ1) is 21.3. The zero-order chi connectivity index (χ0) is 22.4. The largest absolute Gasteiger partial charge is 0.366 e. The van der Waals surface area contributed by atoms with E-state index in [-0.39, 0.29) is 18.1 Å². The average Bonchev–Trinajstić information content (AvgIpc) is 3.42. The SMILES string of the molecule is CC(=O)N1c2cc(C(N)=O)c(-c3cnn(C4CC4)c3)cc2N(C(O)OC(C)C)CC1C. The number of carbonyl (C=O) groups excluding carboxylic acids is 2. The van der Waals surface area contributed by atoms with Gasteiger partial charge in [0.15, 0.2) is 0 Å². The van der Waals surface area contributed by atoms with E-state index in [9.17, 15) is 14.7 Å². The summed E-state index contributed by atoms with van der Waals surface area (Å²) in [5.74, 6) is -0.748. The number of fused-ring (bicyclic) bond motifs is 1. The van der Waals surface area contributed by atoms with Gasteiger partial charge in [-0.15, -0.1) is 0 Å². The molecule has 1 fully saturated rings. The number of hydrogen-bond donors (Lipinski definition) is 2. The highest BCUT2D eigenvalue weighted by molar-refractivity contribution is 6.05. The summed E-state index contributed by atoms with van der Waals surface area (Å²) in [5, 5.41) is 15.2. The van der Waals surface area contributed by atoms with Crippen LogP contribution in [0.3, 0.4) is 0 Å². The van der Waals surface area contributed by atoms with Gasteiger partial charge in [-0.25, -0.2) is 0 Å². The molecule has 2 atom stereocenters. The minimum absolute atomic E-state index is 0.155. The molecule has 4 rings (SSSR count). The van der Waals surface area contributed by atoms with Crippen LogP contribution in [-0.4, -0.2) is 51.8 Å². The Kier molecular flexibility index (Phi) is 5.49. The molecule has 1 aliphatic heterocycles. The number of nitrogens with two attached hydrogens (primary N) is 1. The van der Waals surface area contributed by atoms with Crippen molar-refractivity contribution in [2.45, 2.75) is 65.1 Å². The Morgan fingerprint density at radius 1 is 1.26 bits per heavy atom. The van der Waals surface area contributed by atoms with E-state index in [0.717, 1.165) is 18.4 Å². The lowest BCUT2D eigenvalue weighted by molar-refractivity contribution is -0.127. The van der Waals surface area contributed by atoms with Gasteiger partial charge in [-0.1, -0.05) is 0 Å². The van der Waals surface area contributed by atoms with Gasteiger partial charge in [0.05, 0.1) is 35.8 Å². The Labute approximate surface area is 181 Å². The Morgan fingerprint density at radius 3 is 2.55 bits per heavy atom. The first-order chi connectivity index (χ1) is 14.7. The zero-order valence-electron chi connectivity index (χ0n) is 18.3. The fraction of sp³-hybridized carbons (Fsp3) is 0.500. The quantitative estimate of drug-likeness (QED) is 0.684. The predicted molar refractivity (Wildman–Crippen MR) is 117 cm³/mol. The van der Waals surface area contributed by atoms with Crippen LogP contribution in [-0.2, 0) is 9.53 Å². The van der Waals surface area contributed by atoms with Crippen molar-refractivity contribution in [3.8, 4) is 11.1 Å². The second kappa shape index (κ2) is 7.97. The van der Waals surface area contributed by atoms with E-state index in [1.165, 1.54) is 6.92 Å². The highest BCUT2D eigenvalue weighted by Gasteiger charge is 2.36. The molecule has 166 valence electrons. The molecule has 1 saturated carbocycles. The third-order valence-electron chi connectivity index (χ3n) is 5.68. The van der Waals surface area contributed by atoms with Crippen LogP contribution in [0, 0.1) is 0 Å². The highest BCUT2D eigenvalue weighted by Crippen LogP contribution is 2.42. The van der Waals surface area contributed by atoms with Gasteiger partial charge in [0.1, 0.15) is 0 Å². The summed E-state index contributed by atoms with van der Waals surface area (Å²) in [6, 6.07) is 3.58. The lowest BCUT2D eigenvalue weighted by Gasteiger charge is -2.44. The average molecular weight is 428 g/mol. The fourth-order valence-electron chi connectivity index (χ4n) is 4.17. The molecule has 1 aromatic carbocycles. The van der Waals surface area contributed by atoms with Gasteiger partial charge < -0.3 is 25.4 Å². The molecule has 1 aliphatic carbocycles. The maximum Gasteiger partial charge on any atom is 0.249 e. The number of hydrogen-bond acceptors (Lipinski definition) is 6. The van der Waals surface area contributed by atoms with Crippen molar-refractivity contribution in [2.24, 2.45) is 5.73 Å². The molecule has 0 spiro atoms. The van der Waals surface area contributed by atoms with Crippen LogP contribution >= 0.6 is 0 Å². The van der Waals surface area contributed by atoms with Gasteiger partial charge in [0.25, 0.3) is 0 Å². The number of amides is 2. The van der Waals surface area contributed by atoms with Crippen LogP contribution in [0.4, 0.5) is 11.4 Å². The fourth-order valence-corrected chi connectivity index (χ4v) is 4.17. The lowest BCUT2D eigenvalue weighted by atomic mass is 9.96. The van der Waals surface area contributed by atoms with E-state index in [2.05, 4.69) is 5.10 Å². The van der Waals surface area contributed by atoms with Gasteiger partial charge in [-0.05, 0) is 51.3 Å². The van der Waals surface area contributed by atoms with Crippen molar-refractivity contribution in [3.63, 3.8) is 0 Å². The smallest absolute Gasteiger partial charge is 0.249 e. The van der Waals surface area contributed by atoms with Crippen molar-refractivity contribution >= 4 is 23.2 Å². The number of aliphatic hydroxyl groups excluding tert-OH is 1. The van der Waals surface area contributed by atoms with Gasteiger partial charge in [0, 0.05) is 30.8 Å². The van der Waals surface area contributed by atoms with Crippen LogP contribution in [0.2, 0.25) is 0 Å². The van der Waals surface area contributed by atoms with Gasteiger partial charge in [0.2, 0.25) is 18.2 Å². The summed E-state index contributed by atoms with van der Waals surface area (Å²) in [6.45, 7) is 7.42. The van der Waals surface area contributed by atoms with E-state index in [1.54, 1.807) is 28.1 Å².